The van der Waals surface area contributed by atoms with Crippen LogP contribution < -0.4 is 10.6 Å². The van der Waals surface area contributed by atoms with Gasteiger partial charge in [0.25, 0.3) is 0 Å². The molecule has 0 radical (unpaired) electrons. The topological polar surface area (TPSA) is 54.0 Å². The molecule has 19 heavy (non-hydrogen) atoms. The molecule has 0 aliphatic rings. The van der Waals surface area contributed by atoms with Gasteiger partial charge in [-0.2, -0.15) is 0 Å². The highest BCUT2D eigenvalue weighted by Gasteiger charge is 2.15. The van der Waals surface area contributed by atoms with Crippen molar-refractivity contribution in [3.05, 3.63) is 41.2 Å². The van der Waals surface area contributed by atoms with Crippen LogP contribution in [0.25, 0.3) is 0 Å². The first kappa shape index (κ1) is 13.5. The maximum atomic E-state index is 13.4. The minimum absolute atomic E-state index is 0.252. The minimum Gasteiger partial charge on any atom is -0.372 e. The van der Waals surface area contributed by atoms with E-state index < -0.39 is 6.04 Å². The molecule has 1 atom stereocenters. The molecule has 0 spiro atoms. The number of hydrogen-bond acceptors (Lipinski definition) is 4. The fourth-order valence-electron chi connectivity index (χ4n) is 1.50. The van der Waals surface area contributed by atoms with E-state index >= 15 is 0 Å². The molecule has 1 aromatic heterocycles. The van der Waals surface area contributed by atoms with E-state index in [0.29, 0.717) is 10.8 Å². The molecule has 6 heteroatoms. The molecule has 4 nitrogen and oxygen atoms in total. The first-order valence-electron chi connectivity index (χ1n) is 5.80. The van der Waals surface area contributed by atoms with Gasteiger partial charge in [-0.05, 0) is 26.0 Å². The largest absolute Gasteiger partial charge is 0.372 e. The Labute approximate surface area is 114 Å². The van der Waals surface area contributed by atoms with Gasteiger partial charge in [-0.1, -0.05) is 12.1 Å². The lowest BCUT2D eigenvalue weighted by Gasteiger charge is -2.14. The number of halogens is 1. The summed E-state index contributed by atoms with van der Waals surface area (Å²) in [6, 6.07) is 5.69. The van der Waals surface area contributed by atoms with Gasteiger partial charge in [0, 0.05) is 5.38 Å². The van der Waals surface area contributed by atoms with Crippen molar-refractivity contribution in [3.8, 4) is 0 Å². The summed E-state index contributed by atoms with van der Waals surface area (Å²) in [7, 11) is 0. The van der Waals surface area contributed by atoms with Crippen molar-refractivity contribution in [2.24, 2.45) is 0 Å². The summed E-state index contributed by atoms with van der Waals surface area (Å²) in [4.78, 5) is 16.1. The fourth-order valence-corrected chi connectivity index (χ4v) is 2.19. The molecule has 1 amide bonds. The third-order valence-corrected chi connectivity index (χ3v) is 3.36. The van der Waals surface area contributed by atoms with Crippen molar-refractivity contribution in [1.82, 2.24) is 4.98 Å². The summed E-state index contributed by atoms with van der Waals surface area (Å²) in [5, 5.41) is 7.91. The molecule has 0 aliphatic heterocycles. The number of nitrogens with one attached hydrogen (secondary N) is 2. The average molecular weight is 279 g/mol. The third-order valence-electron chi connectivity index (χ3n) is 2.49. The Balaban J connectivity index is 1.98. The van der Waals surface area contributed by atoms with Gasteiger partial charge >= 0.3 is 0 Å². The van der Waals surface area contributed by atoms with E-state index in [-0.39, 0.29) is 11.7 Å². The molecule has 0 unspecified atom stereocenters. The monoisotopic (exact) mass is 279 g/mol. The van der Waals surface area contributed by atoms with E-state index in [1.165, 1.54) is 17.4 Å². The molecule has 1 heterocycles. The number of carbonyl (C=O) groups is 1. The van der Waals surface area contributed by atoms with Crippen molar-refractivity contribution >= 4 is 28.1 Å². The first-order chi connectivity index (χ1) is 9.06. The van der Waals surface area contributed by atoms with Crippen LogP contribution in [0.1, 0.15) is 12.6 Å². The number of hydrogen-bond donors (Lipinski definition) is 2. The van der Waals surface area contributed by atoms with Gasteiger partial charge in [-0.3, -0.25) is 4.79 Å². The van der Waals surface area contributed by atoms with Gasteiger partial charge in [-0.15, -0.1) is 11.3 Å². The van der Waals surface area contributed by atoms with Crippen LogP contribution in [0.2, 0.25) is 0 Å². The van der Waals surface area contributed by atoms with Crippen molar-refractivity contribution in [2.45, 2.75) is 19.9 Å². The minimum atomic E-state index is -0.555. The molecule has 0 saturated heterocycles. The zero-order valence-corrected chi connectivity index (χ0v) is 11.4. The Hall–Kier alpha value is -1.95. The average Bonchev–Trinajstić information content (AvgIpc) is 2.77. The number of benzene rings is 1. The number of para-hydroxylation sites is 1. The van der Waals surface area contributed by atoms with Gasteiger partial charge in [0.1, 0.15) is 11.9 Å². The van der Waals surface area contributed by atoms with Crippen molar-refractivity contribution < 1.29 is 9.18 Å². The zero-order chi connectivity index (χ0) is 13.8. The molecule has 2 rings (SSSR count). The van der Waals surface area contributed by atoms with E-state index in [9.17, 15) is 9.18 Å². The van der Waals surface area contributed by atoms with Gasteiger partial charge in [0.05, 0.1) is 11.4 Å². The summed E-state index contributed by atoms with van der Waals surface area (Å²) in [5.41, 5.74) is 1.16. The molecule has 2 N–H and O–H groups in total. The number of nitrogens with zero attached hydrogens (tertiary/aromatic N) is 1. The van der Waals surface area contributed by atoms with Gasteiger partial charge in [0.15, 0.2) is 5.13 Å². The summed E-state index contributed by atoms with van der Waals surface area (Å²) < 4.78 is 13.4. The number of aryl methyl sites for hydroxylation is 1. The van der Waals surface area contributed by atoms with E-state index in [1.54, 1.807) is 25.1 Å². The van der Waals surface area contributed by atoms with Crippen LogP contribution in [0.15, 0.2) is 29.6 Å². The maximum Gasteiger partial charge on any atom is 0.248 e. The second-order valence-electron chi connectivity index (χ2n) is 4.13. The lowest BCUT2D eigenvalue weighted by molar-refractivity contribution is -0.116. The summed E-state index contributed by atoms with van der Waals surface area (Å²) in [6.45, 7) is 3.52. The smallest absolute Gasteiger partial charge is 0.248 e. The molecule has 2 aromatic rings. The van der Waals surface area contributed by atoms with E-state index in [4.69, 9.17) is 0 Å². The summed E-state index contributed by atoms with van der Waals surface area (Å²) in [6.07, 6.45) is 0. The standard InChI is InChI=1S/C13H14FN3OS/c1-8-7-19-13(15-8)17-12(18)9(2)16-11-6-4-3-5-10(11)14/h3-7,9,16H,1-2H3,(H,15,17,18)/t9-/m1/s1. The van der Waals surface area contributed by atoms with Gasteiger partial charge in [0.2, 0.25) is 5.91 Å². The number of carbonyl (C=O) groups excluding carboxylic acids is 1. The van der Waals surface area contributed by atoms with E-state index in [2.05, 4.69) is 15.6 Å². The normalized spacial score (nSPS) is 11.9. The lowest BCUT2D eigenvalue weighted by atomic mass is 10.2. The van der Waals surface area contributed by atoms with Crippen molar-refractivity contribution in [1.29, 1.82) is 0 Å². The number of amides is 1. The molecule has 1 aromatic carbocycles. The Morgan fingerprint density at radius 1 is 1.42 bits per heavy atom. The van der Waals surface area contributed by atoms with Crippen LogP contribution in [0.4, 0.5) is 15.2 Å². The zero-order valence-electron chi connectivity index (χ0n) is 10.6. The molecule has 0 fully saturated rings. The van der Waals surface area contributed by atoms with Crippen molar-refractivity contribution in [3.63, 3.8) is 0 Å². The van der Waals surface area contributed by atoms with Crippen LogP contribution in [0, 0.1) is 12.7 Å². The number of anilines is 2. The summed E-state index contributed by atoms with van der Waals surface area (Å²) in [5.74, 6) is -0.634. The molecule has 100 valence electrons. The van der Waals surface area contributed by atoms with Crippen LogP contribution in [-0.2, 0) is 4.79 Å². The highest BCUT2D eigenvalue weighted by atomic mass is 32.1. The Morgan fingerprint density at radius 3 is 2.79 bits per heavy atom. The second-order valence-corrected chi connectivity index (χ2v) is 4.99. The second kappa shape index (κ2) is 5.79. The van der Waals surface area contributed by atoms with Gasteiger partial charge < -0.3 is 10.6 Å². The van der Waals surface area contributed by atoms with Crippen LogP contribution >= 0.6 is 11.3 Å². The van der Waals surface area contributed by atoms with E-state index in [0.717, 1.165) is 5.69 Å². The quantitative estimate of drug-likeness (QED) is 0.904. The van der Waals surface area contributed by atoms with Crippen LogP contribution in [-0.4, -0.2) is 16.9 Å². The van der Waals surface area contributed by atoms with Crippen molar-refractivity contribution in [2.75, 3.05) is 10.6 Å². The molecule has 0 saturated carbocycles. The molecular weight excluding hydrogens is 265 g/mol. The first-order valence-corrected chi connectivity index (χ1v) is 6.68. The number of rotatable bonds is 4. The Kier molecular flexibility index (Phi) is 4.11. The fraction of sp³-hybridized carbons (Fsp3) is 0.231. The molecule has 0 bridgehead atoms. The molecule has 0 aliphatic carbocycles. The van der Waals surface area contributed by atoms with Crippen LogP contribution in [0.3, 0.4) is 0 Å². The maximum absolute atomic E-state index is 13.4. The highest BCUT2D eigenvalue weighted by Crippen LogP contribution is 2.16. The Morgan fingerprint density at radius 2 is 2.16 bits per heavy atom. The highest BCUT2D eigenvalue weighted by molar-refractivity contribution is 7.13. The predicted molar refractivity (Wildman–Crippen MR) is 75.0 cm³/mol. The van der Waals surface area contributed by atoms with Crippen LogP contribution in [0.5, 0.6) is 0 Å². The van der Waals surface area contributed by atoms with E-state index in [1.807, 2.05) is 12.3 Å². The van der Waals surface area contributed by atoms with Gasteiger partial charge in [-0.25, -0.2) is 9.37 Å². The predicted octanol–water partition coefficient (Wildman–Crippen LogP) is 3.03. The number of thiazole rings is 1. The SMILES string of the molecule is Cc1csc(NC(=O)[C@@H](C)Nc2ccccc2F)n1. The summed E-state index contributed by atoms with van der Waals surface area (Å²) >= 11 is 1.36. The molecular formula is C13H14FN3OS. The number of aromatic nitrogens is 1. The lowest BCUT2D eigenvalue weighted by Crippen LogP contribution is -2.32. The Bertz CT molecular complexity index is 585. The third kappa shape index (κ3) is 3.51.